The Morgan fingerprint density at radius 1 is 1.47 bits per heavy atom. The van der Waals surface area contributed by atoms with Gasteiger partial charge in [-0.2, -0.15) is 5.26 Å². The average molecular weight is 260 g/mol. The van der Waals surface area contributed by atoms with Crippen LogP contribution in [0.15, 0.2) is 24.3 Å². The van der Waals surface area contributed by atoms with Gasteiger partial charge in [-0.3, -0.25) is 9.59 Å². The predicted octanol–water partition coefficient (Wildman–Crippen LogP) is 1.93. The van der Waals surface area contributed by atoms with E-state index < -0.39 is 5.97 Å². The highest BCUT2D eigenvalue weighted by Crippen LogP contribution is 2.07. The number of nitriles is 1. The lowest BCUT2D eigenvalue weighted by atomic mass is 10.1. The van der Waals surface area contributed by atoms with Gasteiger partial charge >= 0.3 is 5.97 Å². The van der Waals surface area contributed by atoms with E-state index in [1.807, 2.05) is 13.0 Å². The van der Waals surface area contributed by atoms with Crippen molar-refractivity contribution >= 4 is 11.9 Å². The van der Waals surface area contributed by atoms with Gasteiger partial charge in [-0.1, -0.05) is 19.4 Å². The van der Waals surface area contributed by atoms with Crippen LogP contribution in [0, 0.1) is 11.3 Å². The van der Waals surface area contributed by atoms with Crippen molar-refractivity contribution in [2.75, 3.05) is 0 Å². The van der Waals surface area contributed by atoms with Crippen molar-refractivity contribution in [3.05, 3.63) is 35.4 Å². The van der Waals surface area contributed by atoms with E-state index in [2.05, 4.69) is 5.32 Å². The molecule has 1 atom stereocenters. The molecule has 0 aliphatic carbocycles. The summed E-state index contributed by atoms with van der Waals surface area (Å²) in [7, 11) is 0. The van der Waals surface area contributed by atoms with E-state index in [9.17, 15) is 9.59 Å². The van der Waals surface area contributed by atoms with Gasteiger partial charge in [0.05, 0.1) is 18.1 Å². The van der Waals surface area contributed by atoms with Crippen LogP contribution in [0.4, 0.5) is 0 Å². The number of rotatable bonds is 6. The first-order valence-corrected chi connectivity index (χ1v) is 6.09. The van der Waals surface area contributed by atoms with Crippen LogP contribution in [0.5, 0.6) is 0 Å². The molecule has 0 aromatic heterocycles. The molecule has 0 saturated heterocycles. The summed E-state index contributed by atoms with van der Waals surface area (Å²) in [6.07, 6.45) is 1.30. The van der Waals surface area contributed by atoms with Gasteiger partial charge in [0.15, 0.2) is 0 Å². The van der Waals surface area contributed by atoms with Crippen LogP contribution >= 0.6 is 0 Å². The zero-order valence-corrected chi connectivity index (χ0v) is 10.7. The third kappa shape index (κ3) is 4.80. The first-order chi connectivity index (χ1) is 9.06. The van der Waals surface area contributed by atoms with Gasteiger partial charge in [0.2, 0.25) is 0 Å². The van der Waals surface area contributed by atoms with E-state index in [0.717, 1.165) is 6.42 Å². The number of hydrogen-bond donors (Lipinski definition) is 2. The maximum atomic E-state index is 12.0. The summed E-state index contributed by atoms with van der Waals surface area (Å²) in [5.41, 5.74) is 0.767. The lowest BCUT2D eigenvalue weighted by Gasteiger charge is -2.16. The molecule has 1 amide bonds. The van der Waals surface area contributed by atoms with Crippen molar-refractivity contribution in [2.24, 2.45) is 0 Å². The number of amides is 1. The molecule has 2 N–H and O–H groups in total. The van der Waals surface area contributed by atoms with Gasteiger partial charge in [-0.15, -0.1) is 0 Å². The SMILES string of the molecule is CCCC(CC(=O)O)NC(=O)c1cccc(C#N)c1. The Labute approximate surface area is 111 Å². The summed E-state index contributed by atoms with van der Waals surface area (Å²) < 4.78 is 0. The van der Waals surface area contributed by atoms with Crippen molar-refractivity contribution in [2.45, 2.75) is 32.2 Å². The molecule has 1 rings (SSSR count). The molecule has 0 aliphatic heterocycles. The minimum absolute atomic E-state index is 0.0997. The van der Waals surface area contributed by atoms with Crippen LogP contribution in [0.2, 0.25) is 0 Å². The highest BCUT2D eigenvalue weighted by atomic mass is 16.4. The van der Waals surface area contributed by atoms with Crippen LogP contribution < -0.4 is 5.32 Å². The molecule has 0 aliphatic rings. The fraction of sp³-hybridized carbons (Fsp3) is 0.357. The number of carboxylic acids is 1. The Bertz CT molecular complexity index is 506. The first-order valence-electron chi connectivity index (χ1n) is 6.09. The minimum atomic E-state index is -0.940. The molecular formula is C14H16N2O3. The molecule has 1 aromatic carbocycles. The third-order valence-corrected chi connectivity index (χ3v) is 2.65. The van der Waals surface area contributed by atoms with Gasteiger partial charge in [0.1, 0.15) is 0 Å². The maximum absolute atomic E-state index is 12.0. The molecule has 0 radical (unpaired) electrons. The number of nitrogens with one attached hydrogen (secondary N) is 1. The Kier molecular flexibility index (Phi) is 5.55. The molecule has 5 heteroatoms. The second kappa shape index (κ2) is 7.17. The van der Waals surface area contributed by atoms with E-state index in [1.54, 1.807) is 18.2 Å². The normalized spacial score (nSPS) is 11.4. The number of carboxylic acid groups (broad SMARTS) is 1. The van der Waals surface area contributed by atoms with Crippen molar-refractivity contribution in [1.82, 2.24) is 5.32 Å². The third-order valence-electron chi connectivity index (χ3n) is 2.65. The molecule has 1 aromatic rings. The maximum Gasteiger partial charge on any atom is 0.305 e. The molecule has 0 heterocycles. The summed E-state index contributed by atoms with van der Waals surface area (Å²) in [6.45, 7) is 1.93. The first kappa shape index (κ1) is 14.7. The van der Waals surface area contributed by atoms with E-state index in [4.69, 9.17) is 10.4 Å². The number of aliphatic carboxylic acids is 1. The van der Waals surface area contributed by atoms with E-state index in [-0.39, 0.29) is 18.4 Å². The topological polar surface area (TPSA) is 90.2 Å². The van der Waals surface area contributed by atoms with Crippen LogP contribution in [-0.2, 0) is 4.79 Å². The summed E-state index contributed by atoms with van der Waals surface area (Å²) in [5, 5.41) is 20.2. The van der Waals surface area contributed by atoms with Gasteiger partial charge in [-0.05, 0) is 24.6 Å². The standard InChI is InChI=1S/C14H16N2O3/c1-2-4-12(8-13(17)18)16-14(19)11-6-3-5-10(7-11)9-15/h3,5-7,12H,2,4,8H2,1H3,(H,16,19)(H,17,18). The molecule has 0 bridgehead atoms. The molecule has 0 saturated carbocycles. The lowest BCUT2D eigenvalue weighted by molar-refractivity contribution is -0.137. The van der Waals surface area contributed by atoms with Gasteiger partial charge in [-0.25, -0.2) is 0 Å². The van der Waals surface area contributed by atoms with Crippen molar-refractivity contribution in [3.8, 4) is 6.07 Å². The van der Waals surface area contributed by atoms with E-state index >= 15 is 0 Å². The Balaban J connectivity index is 2.75. The van der Waals surface area contributed by atoms with Gasteiger partial charge < -0.3 is 10.4 Å². The molecule has 0 fully saturated rings. The molecule has 5 nitrogen and oxygen atoms in total. The Morgan fingerprint density at radius 3 is 2.79 bits per heavy atom. The number of carbonyl (C=O) groups excluding carboxylic acids is 1. The van der Waals surface area contributed by atoms with Crippen LogP contribution in [0.1, 0.15) is 42.1 Å². The highest BCUT2D eigenvalue weighted by molar-refractivity contribution is 5.94. The summed E-state index contributed by atoms with van der Waals surface area (Å²) >= 11 is 0. The lowest BCUT2D eigenvalue weighted by Crippen LogP contribution is -2.36. The van der Waals surface area contributed by atoms with Crippen LogP contribution in [-0.4, -0.2) is 23.0 Å². The second-order valence-electron chi connectivity index (χ2n) is 4.25. The van der Waals surface area contributed by atoms with Crippen molar-refractivity contribution in [1.29, 1.82) is 5.26 Å². The van der Waals surface area contributed by atoms with E-state index in [1.165, 1.54) is 6.07 Å². The summed E-state index contributed by atoms with van der Waals surface area (Å²) in [6, 6.07) is 7.89. The Hall–Kier alpha value is -2.35. The fourth-order valence-corrected chi connectivity index (χ4v) is 1.78. The van der Waals surface area contributed by atoms with Gasteiger partial charge in [0.25, 0.3) is 5.91 Å². The number of carbonyl (C=O) groups is 2. The molecule has 1 unspecified atom stereocenters. The smallest absolute Gasteiger partial charge is 0.305 e. The zero-order chi connectivity index (χ0) is 14.3. The second-order valence-corrected chi connectivity index (χ2v) is 4.25. The molecule has 100 valence electrons. The number of benzene rings is 1. The van der Waals surface area contributed by atoms with Crippen molar-refractivity contribution in [3.63, 3.8) is 0 Å². The van der Waals surface area contributed by atoms with Crippen LogP contribution in [0.3, 0.4) is 0 Å². The zero-order valence-electron chi connectivity index (χ0n) is 10.7. The molecule has 0 spiro atoms. The minimum Gasteiger partial charge on any atom is -0.481 e. The van der Waals surface area contributed by atoms with Gasteiger partial charge in [0, 0.05) is 11.6 Å². The Morgan fingerprint density at radius 2 is 2.21 bits per heavy atom. The monoisotopic (exact) mass is 260 g/mol. The van der Waals surface area contributed by atoms with Crippen LogP contribution in [0.25, 0.3) is 0 Å². The highest BCUT2D eigenvalue weighted by Gasteiger charge is 2.16. The van der Waals surface area contributed by atoms with E-state index in [0.29, 0.717) is 17.5 Å². The molecular weight excluding hydrogens is 244 g/mol. The number of hydrogen-bond acceptors (Lipinski definition) is 3. The summed E-state index contributed by atoms with van der Waals surface area (Å²) in [5.74, 6) is -1.29. The fourth-order valence-electron chi connectivity index (χ4n) is 1.78. The largest absolute Gasteiger partial charge is 0.481 e. The quantitative estimate of drug-likeness (QED) is 0.817. The molecule has 19 heavy (non-hydrogen) atoms. The predicted molar refractivity (Wildman–Crippen MR) is 69.6 cm³/mol. The van der Waals surface area contributed by atoms with Crippen molar-refractivity contribution < 1.29 is 14.7 Å². The number of nitrogens with zero attached hydrogens (tertiary/aromatic N) is 1. The average Bonchev–Trinajstić information content (AvgIpc) is 2.38. The summed E-state index contributed by atoms with van der Waals surface area (Å²) in [4.78, 5) is 22.7.